The quantitative estimate of drug-likeness (QED) is 0.354. The molecule has 0 spiro atoms. The molecule has 130 valence electrons. The first-order chi connectivity index (χ1) is 12.2. The SMILES string of the molecule is O=c1[nH]c(SCCOc2cccc(Br)c2)nc2sc3c(c12)CCCC3. The van der Waals surface area contributed by atoms with Crippen molar-refractivity contribution in [3.8, 4) is 5.75 Å². The van der Waals surface area contributed by atoms with E-state index in [1.165, 1.54) is 35.0 Å². The predicted molar refractivity (Wildman–Crippen MR) is 107 cm³/mol. The third kappa shape index (κ3) is 3.78. The van der Waals surface area contributed by atoms with Gasteiger partial charge in [0, 0.05) is 15.1 Å². The van der Waals surface area contributed by atoms with Gasteiger partial charge in [0.2, 0.25) is 0 Å². The third-order valence-electron chi connectivity index (χ3n) is 4.19. The fourth-order valence-electron chi connectivity index (χ4n) is 3.07. The summed E-state index contributed by atoms with van der Waals surface area (Å²) in [6.07, 6.45) is 4.47. The highest BCUT2D eigenvalue weighted by molar-refractivity contribution is 9.10. The van der Waals surface area contributed by atoms with Gasteiger partial charge in [0.25, 0.3) is 5.56 Å². The fourth-order valence-corrected chi connectivity index (χ4v) is 5.45. The maximum Gasteiger partial charge on any atom is 0.260 e. The maximum atomic E-state index is 12.5. The van der Waals surface area contributed by atoms with Crippen LogP contribution in [-0.4, -0.2) is 22.3 Å². The number of rotatable bonds is 5. The van der Waals surface area contributed by atoms with Crippen molar-refractivity contribution in [2.45, 2.75) is 30.8 Å². The maximum absolute atomic E-state index is 12.5. The lowest BCUT2D eigenvalue weighted by atomic mass is 9.97. The highest BCUT2D eigenvalue weighted by Gasteiger charge is 2.19. The molecule has 1 aliphatic rings. The van der Waals surface area contributed by atoms with E-state index >= 15 is 0 Å². The van der Waals surface area contributed by atoms with Gasteiger partial charge in [0.1, 0.15) is 10.6 Å². The van der Waals surface area contributed by atoms with Gasteiger partial charge in [0.05, 0.1) is 12.0 Å². The van der Waals surface area contributed by atoms with Gasteiger partial charge in [-0.25, -0.2) is 4.98 Å². The van der Waals surface area contributed by atoms with Crippen molar-refractivity contribution in [1.29, 1.82) is 0 Å². The fraction of sp³-hybridized carbons (Fsp3) is 0.333. The summed E-state index contributed by atoms with van der Waals surface area (Å²) in [5, 5.41) is 1.49. The van der Waals surface area contributed by atoms with Gasteiger partial charge in [-0.1, -0.05) is 33.8 Å². The highest BCUT2D eigenvalue weighted by Crippen LogP contribution is 2.34. The number of ether oxygens (including phenoxy) is 1. The minimum absolute atomic E-state index is 0.000177. The normalized spacial score (nSPS) is 13.8. The summed E-state index contributed by atoms with van der Waals surface area (Å²) in [5.41, 5.74) is 1.23. The van der Waals surface area contributed by atoms with Crippen molar-refractivity contribution >= 4 is 49.2 Å². The van der Waals surface area contributed by atoms with E-state index in [-0.39, 0.29) is 5.56 Å². The number of H-pyrrole nitrogens is 1. The predicted octanol–water partition coefficient (Wildman–Crippen LogP) is 4.80. The molecule has 0 aliphatic heterocycles. The second kappa shape index (κ2) is 7.51. The topological polar surface area (TPSA) is 55.0 Å². The standard InChI is InChI=1S/C18H17BrN2O2S2/c19-11-4-3-5-12(10-11)23-8-9-24-18-20-16(22)15-13-6-1-2-7-14(13)25-17(15)21-18/h3-5,10H,1-2,6-9H2,(H,20,21,22). The largest absolute Gasteiger partial charge is 0.493 e. The number of hydrogen-bond donors (Lipinski definition) is 1. The van der Waals surface area contributed by atoms with Crippen LogP contribution in [0.2, 0.25) is 0 Å². The van der Waals surface area contributed by atoms with Crippen molar-refractivity contribution in [3.63, 3.8) is 0 Å². The van der Waals surface area contributed by atoms with Gasteiger partial charge in [-0.05, 0) is 49.4 Å². The smallest absolute Gasteiger partial charge is 0.260 e. The van der Waals surface area contributed by atoms with Gasteiger partial charge < -0.3 is 9.72 Å². The summed E-state index contributed by atoms with van der Waals surface area (Å²) in [6, 6.07) is 7.77. The van der Waals surface area contributed by atoms with E-state index in [1.807, 2.05) is 24.3 Å². The minimum Gasteiger partial charge on any atom is -0.493 e. The molecule has 0 atom stereocenters. The van der Waals surface area contributed by atoms with E-state index in [4.69, 9.17) is 4.74 Å². The van der Waals surface area contributed by atoms with E-state index in [9.17, 15) is 4.79 Å². The average molecular weight is 437 g/mol. The van der Waals surface area contributed by atoms with E-state index in [1.54, 1.807) is 11.3 Å². The zero-order valence-corrected chi connectivity index (χ0v) is 16.7. The Bertz CT molecular complexity index is 967. The average Bonchev–Trinajstić information content (AvgIpc) is 2.97. The van der Waals surface area contributed by atoms with Crippen LogP contribution in [0.15, 0.2) is 38.7 Å². The lowest BCUT2D eigenvalue weighted by molar-refractivity contribution is 0.343. The zero-order valence-electron chi connectivity index (χ0n) is 13.5. The minimum atomic E-state index is -0.000177. The molecule has 1 aromatic carbocycles. The molecule has 25 heavy (non-hydrogen) atoms. The number of nitrogens with one attached hydrogen (secondary N) is 1. The number of nitrogens with zero attached hydrogens (tertiary/aromatic N) is 1. The first kappa shape index (κ1) is 17.1. The van der Waals surface area contributed by atoms with Crippen LogP contribution >= 0.6 is 39.0 Å². The van der Waals surface area contributed by atoms with Gasteiger partial charge >= 0.3 is 0 Å². The molecule has 4 nitrogen and oxygen atoms in total. The summed E-state index contributed by atoms with van der Waals surface area (Å²) < 4.78 is 6.72. The van der Waals surface area contributed by atoms with Gasteiger partial charge in [-0.15, -0.1) is 11.3 Å². The van der Waals surface area contributed by atoms with Crippen molar-refractivity contribution in [1.82, 2.24) is 9.97 Å². The molecule has 0 saturated carbocycles. The molecule has 0 unspecified atom stereocenters. The Kier molecular flexibility index (Phi) is 5.15. The lowest BCUT2D eigenvalue weighted by Gasteiger charge is -2.09. The van der Waals surface area contributed by atoms with Crippen LogP contribution in [0.3, 0.4) is 0 Å². The van der Waals surface area contributed by atoms with E-state index in [0.717, 1.165) is 39.0 Å². The number of aryl methyl sites for hydroxylation is 2. The Morgan fingerprint density at radius 1 is 1.32 bits per heavy atom. The summed E-state index contributed by atoms with van der Waals surface area (Å²) >= 11 is 6.64. The number of aromatic amines is 1. The molecule has 0 saturated heterocycles. The van der Waals surface area contributed by atoms with Crippen molar-refractivity contribution < 1.29 is 4.74 Å². The Balaban J connectivity index is 1.44. The number of thioether (sulfide) groups is 1. The molecule has 0 fully saturated rings. The molecule has 1 N–H and O–H groups in total. The van der Waals surface area contributed by atoms with E-state index in [2.05, 4.69) is 25.9 Å². The van der Waals surface area contributed by atoms with Crippen LogP contribution in [0, 0.1) is 0 Å². The highest BCUT2D eigenvalue weighted by atomic mass is 79.9. The molecule has 4 rings (SSSR count). The number of fused-ring (bicyclic) bond motifs is 3. The number of thiophene rings is 1. The monoisotopic (exact) mass is 436 g/mol. The van der Waals surface area contributed by atoms with E-state index in [0.29, 0.717) is 11.8 Å². The Morgan fingerprint density at radius 2 is 2.20 bits per heavy atom. The molecule has 2 heterocycles. The molecule has 7 heteroatoms. The zero-order chi connectivity index (χ0) is 17.2. The Morgan fingerprint density at radius 3 is 3.08 bits per heavy atom. The van der Waals surface area contributed by atoms with Gasteiger partial charge in [-0.2, -0.15) is 0 Å². The Labute approximate surface area is 162 Å². The van der Waals surface area contributed by atoms with E-state index < -0.39 is 0 Å². The van der Waals surface area contributed by atoms with Crippen LogP contribution in [0.5, 0.6) is 5.75 Å². The molecular formula is C18H17BrN2O2S2. The van der Waals surface area contributed by atoms with Crippen molar-refractivity contribution in [2.24, 2.45) is 0 Å². The molecule has 0 bridgehead atoms. The number of aromatic nitrogens is 2. The molecule has 3 aromatic rings. The van der Waals surface area contributed by atoms with Crippen molar-refractivity contribution in [2.75, 3.05) is 12.4 Å². The second-order valence-electron chi connectivity index (χ2n) is 5.92. The molecule has 0 amide bonds. The first-order valence-electron chi connectivity index (χ1n) is 8.26. The molecule has 2 aromatic heterocycles. The number of benzene rings is 1. The second-order valence-corrected chi connectivity index (χ2v) is 9.00. The van der Waals surface area contributed by atoms with Crippen LogP contribution in [0.25, 0.3) is 10.2 Å². The third-order valence-corrected chi connectivity index (χ3v) is 6.71. The lowest BCUT2D eigenvalue weighted by Crippen LogP contribution is -2.11. The summed E-state index contributed by atoms with van der Waals surface area (Å²) in [5.74, 6) is 1.56. The summed E-state index contributed by atoms with van der Waals surface area (Å²) in [7, 11) is 0. The van der Waals surface area contributed by atoms with Crippen LogP contribution in [0.1, 0.15) is 23.3 Å². The molecular weight excluding hydrogens is 420 g/mol. The number of halogens is 1. The van der Waals surface area contributed by atoms with Gasteiger partial charge in [0.15, 0.2) is 5.16 Å². The number of hydrogen-bond acceptors (Lipinski definition) is 5. The van der Waals surface area contributed by atoms with Crippen LogP contribution < -0.4 is 10.3 Å². The van der Waals surface area contributed by atoms with Crippen LogP contribution in [0.4, 0.5) is 0 Å². The summed E-state index contributed by atoms with van der Waals surface area (Å²) in [6.45, 7) is 0.559. The van der Waals surface area contributed by atoms with Gasteiger partial charge in [-0.3, -0.25) is 4.79 Å². The molecule has 1 aliphatic carbocycles. The molecule has 0 radical (unpaired) electrons. The van der Waals surface area contributed by atoms with Crippen LogP contribution in [-0.2, 0) is 12.8 Å². The Hall–Kier alpha value is -1.31. The van der Waals surface area contributed by atoms with Crippen molar-refractivity contribution in [3.05, 3.63) is 49.5 Å². The summed E-state index contributed by atoms with van der Waals surface area (Å²) in [4.78, 5) is 22.3. The first-order valence-corrected chi connectivity index (χ1v) is 10.9.